The molecule has 0 spiro atoms. The predicted octanol–water partition coefficient (Wildman–Crippen LogP) is 2.64. The van der Waals surface area contributed by atoms with Gasteiger partial charge >= 0.3 is 0 Å². The summed E-state index contributed by atoms with van der Waals surface area (Å²) in [6, 6.07) is 0.198. The van der Waals surface area contributed by atoms with Gasteiger partial charge in [0.2, 0.25) is 0 Å². The van der Waals surface area contributed by atoms with E-state index in [1.165, 1.54) is 0 Å². The van der Waals surface area contributed by atoms with E-state index in [9.17, 15) is 4.79 Å². The van der Waals surface area contributed by atoms with E-state index in [0.717, 1.165) is 6.54 Å². The highest BCUT2D eigenvalue weighted by molar-refractivity contribution is 5.84. The van der Waals surface area contributed by atoms with Crippen molar-refractivity contribution in [3.63, 3.8) is 0 Å². The Hall–Kier alpha value is -0.410. The highest BCUT2D eigenvalue weighted by atomic mass is 16.5. The minimum absolute atomic E-state index is 0.0780. The summed E-state index contributed by atoms with van der Waals surface area (Å²) < 4.78 is 5.03. The van der Waals surface area contributed by atoms with E-state index in [4.69, 9.17) is 4.74 Å². The Morgan fingerprint density at radius 3 is 2.06 bits per heavy atom. The lowest BCUT2D eigenvalue weighted by Crippen LogP contribution is -2.44. The molecular formula is C14H29NO2. The number of rotatable bonds is 6. The number of Topliss-reactive ketones (excluding diaryl/α,β-unsaturated/α-hetero) is 1. The fraction of sp³-hybridized carbons (Fsp3) is 0.929. The molecule has 0 aliphatic heterocycles. The number of hydrogen-bond acceptors (Lipinski definition) is 3. The van der Waals surface area contributed by atoms with Crippen molar-refractivity contribution < 1.29 is 9.53 Å². The first-order valence-electron chi connectivity index (χ1n) is 6.34. The van der Waals surface area contributed by atoms with Gasteiger partial charge in [-0.3, -0.25) is 4.79 Å². The Kier molecular flexibility index (Phi) is 6.35. The minimum Gasteiger partial charge on any atom is -0.383 e. The van der Waals surface area contributed by atoms with Crippen LogP contribution in [0.25, 0.3) is 0 Å². The van der Waals surface area contributed by atoms with E-state index in [-0.39, 0.29) is 16.9 Å². The first-order valence-corrected chi connectivity index (χ1v) is 6.34. The van der Waals surface area contributed by atoms with Crippen molar-refractivity contribution >= 4 is 5.78 Å². The topological polar surface area (TPSA) is 38.3 Å². The zero-order chi connectivity index (χ0) is 13.7. The molecule has 0 aliphatic carbocycles. The summed E-state index contributed by atoms with van der Waals surface area (Å²) in [5, 5.41) is 3.42. The third-order valence-electron chi connectivity index (χ3n) is 2.97. The number of carbonyl (C=O) groups is 1. The third kappa shape index (κ3) is 6.79. The Bertz CT molecular complexity index is 236. The summed E-state index contributed by atoms with van der Waals surface area (Å²) in [4.78, 5) is 12.1. The fourth-order valence-electron chi connectivity index (χ4n) is 1.51. The van der Waals surface area contributed by atoms with Crippen LogP contribution in [0.1, 0.15) is 48.0 Å². The lowest BCUT2D eigenvalue weighted by atomic mass is 9.79. The molecule has 3 heteroatoms. The summed E-state index contributed by atoms with van der Waals surface area (Å²) in [7, 11) is 1.69. The summed E-state index contributed by atoms with van der Waals surface area (Å²) in [5.41, 5.74) is -0.179. The maximum atomic E-state index is 12.1. The lowest BCUT2D eigenvalue weighted by Gasteiger charge is -2.33. The number of hydrogen-bond donors (Lipinski definition) is 1. The zero-order valence-electron chi connectivity index (χ0n) is 12.5. The fourth-order valence-corrected chi connectivity index (χ4v) is 1.51. The number of ether oxygens (including phenoxy) is 1. The SMILES string of the molecule is COCCNC(CC(=O)C(C)(C)C)C(C)(C)C. The van der Waals surface area contributed by atoms with Gasteiger partial charge in [-0.2, -0.15) is 0 Å². The second kappa shape index (κ2) is 6.50. The van der Waals surface area contributed by atoms with E-state index in [2.05, 4.69) is 26.1 Å². The summed E-state index contributed by atoms with van der Waals surface area (Å²) >= 11 is 0. The number of methoxy groups -OCH3 is 1. The summed E-state index contributed by atoms with van der Waals surface area (Å²) in [5.74, 6) is 0.308. The van der Waals surface area contributed by atoms with Crippen molar-refractivity contribution in [2.75, 3.05) is 20.3 Å². The van der Waals surface area contributed by atoms with Crippen molar-refractivity contribution in [2.24, 2.45) is 10.8 Å². The normalized spacial score (nSPS) is 14.8. The molecule has 0 saturated carbocycles. The molecule has 1 atom stereocenters. The smallest absolute Gasteiger partial charge is 0.139 e. The molecule has 1 N–H and O–H groups in total. The molecule has 0 bridgehead atoms. The van der Waals surface area contributed by atoms with Crippen LogP contribution in [0.4, 0.5) is 0 Å². The Morgan fingerprint density at radius 2 is 1.71 bits per heavy atom. The molecule has 0 saturated heterocycles. The van der Waals surface area contributed by atoms with Crippen LogP contribution in [-0.2, 0) is 9.53 Å². The second-order valence-corrected chi connectivity index (χ2v) is 6.74. The Balaban J connectivity index is 4.46. The molecule has 0 fully saturated rings. The molecule has 102 valence electrons. The van der Waals surface area contributed by atoms with Gasteiger partial charge < -0.3 is 10.1 Å². The summed E-state index contributed by atoms with van der Waals surface area (Å²) in [6.45, 7) is 13.9. The lowest BCUT2D eigenvalue weighted by molar-refractivity contribution is -0.127. The van der Waals surface area contributed by atoms with Crippen LogP contribution in [0.3, 0.4) is 0 Å². The third-order valence-corrected chi connectivity index (χ3v) is 2.97. The van der Waals surface area contributed by atoms with Crippen molar-refractivity contribution in [3.8, 4) is 0 Å². The molecule has 0 amide bonds. The average Bonchev–Trinajstić information content (AvgIpc) is 2.13. The zero-order valence-corrected chi connectivity index (χ0v) is 12.5. The predicted molar refractivity (Wildman–Crippen MR) is 72.2 cm³/mol. The number of carbonyl (C=O) groups excluding carboxylic acids is 1. The summed E-state index contributed by atoms with van der Waals surface area (Å²) in [6.07, 6.45) is 0.580. The Morgan fingerprint density at radius 1 is 1.18 bits per heavy atom. The van der Waals surface area contributed by atoms with Gasteiger partial charge in [-0.15, -0.1) is 0 Å². The van der Waals surface area contributed by atoms with Gasteiger partial charge in [0.05, 0.1) is 6.61 Å². The van der Waals surface area contributed by atoms with E-state index < -0.39 is 0 Å². The quantitative estimate of drug-likeness (QED) is 0.729. The molecule has 0 aromatic carbocycles. The van der Waals surface area contributed by atoms with Crippen LogP contribution >= 0.6 is 0 Å². The van der Waals surface area contributed by atoms with Gasteiger partial charge in [0, 0.05) is 31.5 Å². The van der Waals surface area contributed by atoms with Crippen LogP contribution < -0.4 is 5.32 Å². The van der Waals surface area contributed by atoms with Gasteiger partial charge in [-0.25, -0.2) is 0 Å². The molecule has 0 heterocycles. The van der Waals surface area contributed by atoms with Crippen LogP contribution in [0, 0.1) is 10.8 Å². The average molecular weight is 243 g/mol. The van der Waals surface area contributed by atoms with Gasteiger partial charge in [0.25, 0.3) is 0 Å². The maximum Gasteiger partial charge on any atom is 0.139 e. The van der Waals surface area contributed by atoms with Crippen LogP contribution in [0.5, 0.6) is 0 Å². The standard InChI is InChI=1S/C14H29NO2/c1-13(2,3)11(15-8-9-17-7)10-12(16)14(4,5)6/h11,15H,8-10H2,1-7H3. The first-order chi connectivity index (χ1) is 7.59. The molecule has 0 rings (SSSR count). The highest BCUT2D eigenvalue weighted by Gasteiger charge is 2.30. The molecule has 17 heavy (non-hydrogen) atoms. The molecule has 0 aromatic rings. The molecule has 0 aromatic heterocycles. The van der Waals surface area contributed by atoms with Crippen molar-refractivity contribution in [2.45, 2.75) is 54.0 Å². The molecule has 1 unspecified atom stereocenters. The first kappa shape index (κ1) is 16.6. The van der Waals surface area contributed by atoms with E-state index in [1.807, 2.05) is 20.8 Å². The van der Waals surface area contributed by atoms with Gasteiger partial charge in [-0.05, 0) is 5.41 Å². The second-order valence-electron chi connectivity index (χ2n) is 6.74. The van der Waals surface area contributed by atoms with Gasteiger partial charge in [0.15, 0.2) is 0 Å². The van der Waals surface area contributed by atoms with Crippen LogP contribution in [0.2, 0.25) is 0 Å². The molecule has 0 aliphatic rings. The van der Waals surface area contributed by atoms with Gasteiger partial charge in [0.1, 0.15) is 5.78 Å². The maximum absolute atomic E-state index is 12.1. The van der Waals surface area contributed by atoms with Crippen LogP contribution in [0.15, 0.2) is 0 Å². The van der Waals surface area contributed by atoms with E-state index >= 15 is 0 Å². The van der Waals surface area contributed by atoms with Gasteiger partial charge in [-0.1, -0.05) is 41.5 Å². The number of ketones is 1. The molecular weight excluding hydrogens is 214 g/mol. The van der Waals surface area contributed by atoms with Crippen molar-refractivity contribution in [3.05, 3.63) is 0 Å². The van der Waals surface area contributed by atoms with Crippen LogP contribution in [-0.4, -0.2) is 32.1 Å². The highest BCUT2D eigenvalue weighted by Crippen LogP contribution is 2.26. The number of nitrogens with one attached hydrogen (secondary N) is 1. The van der Waals surface area contributed by atoms with Crippen molar-refractivity contribution in [1.82, 2.24) is 5.32 Å². The van der Waals surface area contributed by atoms with E-state index in [1.54, 1.807) is 7.11 Å². The Labute approximate surface area is 106 Å². The van der Waals surface area contributed by atoms with E-state index in [0.29, 0.717) is 18.8 Å². The minimum atomic E-state index is -0.258. The molecule has 0 radical (unpaired) electrons. The molecule has 3 nitrogen and oxygen atoms in total. The monoisotopic (exact) mass is 243 g/mol. The van der Waals surface area contributed by atoms with Crippen molar-refractivity contribution in [1.29, 1.82) is 0 Å². The largest absolute Gasteiger partial charge is 0.383 e.